The van der Waals surface area contributed by atoms with Gasteiger partial charge in [-0.15, -0.1) is 18.2 Å². The number of hydrogen-bond donors (Lipinski definition) is 0. The number of furan rings is 1. The quantitative estimate of drug-likeness (QED) is 0.107. The summed E-state index contributed by atoms with van der Waals surface area (Å²) in [7, 11) is 0. The Hall–Kier alpha value is -5.85. The van der Waals surface area contributed by atoms with Crippen LogP contribution in [0, 0.1) is 12.1 Å². The molecule has 3 aromatic heterocycles. The van der Waals surface area contributed by atoms with Crippen LogP contribution in [0.25, 0.3) is 83.6 Å². The van der Waals surface area contributed by atoms with Crippen LogP contribution in [0.1, 0.15) is 77.3 Å². The molecule has 6 heteroatoms. The van der Waals surface area contributed by atoms with Crippen LogP contribution < -0.4 is 4.40 Å². The first-order valence-corrected chi connectivity index (χ1v) is 30.1. The van der Waals surface area contributed by atoms with E-state index in [9.17, 15) is 0 Å². The minimum absolute atomic E-state index is 0. The number of hydrogen-bond acceptors (Lipinski definition) is 3. The Kier molecular flexibility index (Phi) is 13.4. The van der Waals surface area contributed by atoms with Crippen LogP contribution in [0.5, 0.6) is 0 Å². The van der Waals surface area contributed by atoms with Crippen molar-refractivity contribution in [2.45, 2.75) is 76.5 Å². The zero-order valence-corrected chi connectivity index (χ0v) is 43.8. The summed E-state index contributed by atoms with van der Waals surface area (Å²) in [5, 5.41) is 2.14. The van der Waals surface area contributed by atoms with E-state index in [0.717, 1.165) is 66.7 Å². The number of benzene rings is 7. The summed E-state index contributed by atoms with van der Waals surface area (Å²) >= 11 is -2.03. The van der Waals surface area contributed by atoms with Gasteiger partial charge in [-0.05, 0) is 75.5 Å². The maximum atomic E-state index is 8.44. The van der Waals surface area contributed by atoms with E-state index in [0.29, 0.717) is 11.8 Å². The standard InChI is InChI=1S/C43H35N2O.C17H22GeN.Ir/c1-27(2)33-17-11-18-34(28(3)4)41(33)45-39-22-9-8-21-38(39)44-43(45)36-20-12-19-35-37-26-32(23-24-40(37)46-42(35)36)31-16-10-15-30(25-31)29-13-6-5-7-14-29;1-13(2)15-11-17(14-9-7-6-8-10-14)19-12-16(15)18(3,4)5;/h5-19,21-28H,1-4H3;6-9,11-13H,1-5H3;/q2*-1;/i;13D;. The predicted molar refractivity (Wildman–Crippen MR) is 277 cm³/mol. The van der Waals surface area contributed by atoms with Gasteiger partial charge in [0, 0.05) is 31.2 Å². The predicted octanol–water partition coefficient (Wildman–Crippen LogP) is 16.2. The second-order valence-corrected chi connectivity index (χ2v) is 29.4. The van der Waals surface area contributed by atoms with E-state index in [4.69, 9.17) is 10.8 Å². The van der Waals surface area contributed by atoms with Gasteiger partial charge in [0.1, 0.15) is 5.58 Å². The smallest absolute Gasteiger partial charge is 0 e. The van der Waals surface area contributed by atoms with Crippen LogP contribution in [0.4, 0.5) is 0 Å². The van der Waals surface area contributed by atoms with E-state index < -0.39 is 19.2 Å². The van der Waals surface area contributed by atoms with Gasteiger partial charge < -0.3 is 8.98 Å². The van der Waals surface area contributed by atoms with E-state index in [2.05, 4.69) is 194 Å². The summed E-state index contributed by atoms with van der Waals surface area (Å²) in [6.07, 6.45) is 2.00. The third-order valence-corrected chi connectivity index (χ3v) is 16.5. The normalized spacial score (nSPS) is 12.1. The topological polar surface area (TPSA) is 43.9 Å². The van der Waals surface area contributed by atoms with Crippen molar-refractivity contribution < 1.29 is 25.9 Å². The molecular formula is C60H57GeIrN3O-2. The van der Waals surface area contributed by atoms with Crippen LogP contribution in [-0.2, 0) is 20.1 Å². The first-order chi connectivity index (χ1) is 31.7. The Bertz CT molecular complexity index is 3310. The molecule has 0 saturated carbocycles. The summed E-state index contributed by atoms with van der Waals surface area (Å²) in [6, 6.07) is 61.7. The van der Waals surface area contributed by atoms with Gasteiger partial charge in [0.15, 0.2) is 0 Å². The number of rotatable bonds is 9. The average molecular weight is 1100 g/mol. The number of fused-ring (bicyclic) bond motifs is 4. The molecule has 4 nitrogen and oxygen atoms in total. The number of imidazole rings is 1. The Morgan fingerprint density at radius 3 is 1.94 bits per heavy atom. The minimum atomic E-state index is -2.03. The molecule has 10 aromatic rings. The molecule has 0 amide bonds. The molecule has 0 bridgehead atoms. The van der Waals surface area contributed by atoms with Crippen molar-refractivity contribution in [3.05, 3.63) is 193 Å². The molecule has 0 unspecified atom stereocenters. The molecule has 0 aliphatic rings. The minimum Gasteiger partial charge on any atom is 0 e. The number of aromatic nitrogens is 3. The molecule has 0 saturated heterocycles. The van der Waals surface area contributed by atoms with Gasteiger partial charge in [-0.1, -0.05) is 124 Å². The summed E-state index contributed by atoms with van der Waals surface area (Å²) < 4.78 is 18.8. The van der Waals surface area contributed by atoms with Gasteiger partial charge >= 0.3 is 120 Å². The van der Waals surface area contributed by atoms with Gasteiger partial charge in [-0.3, -0.25) is 4.98 Å². The molecule has 0 aliphatic carbocycles. The van der Waals surface area contributed by atoms with E-state index >= 15 is 0 Å². The van der Waals surface area contributed by atoms with E-state index in [1.807, 2.05) is 50.4 Å². The molecule has 333 valence electrons. The van der Waals surface area contributed by atoms with Crippen molar-refractivity contribution in [3.63, 3.8) is 0 Å². The third-order valence-electron chi connectivity index (χ3n) is 12.3. The summed E-state index contributed by atoms with van der Waals surface area (Å²) in [5.74, 6) is 7.97. The van der Waals surface area contributed by atoms with E-state index in [1.54, 1.807) is 0 Å². The molecule has 3 heterocycles. The Morgan fingerprint density at radius 2 is 1.26 bits per heavy atom. The maximum Gasteiger partial charge on any atom is 0 e. The Balaban J connectivity index is 0.000000244. The molecule has 0 N–H and O–H groups in total. The van der Waals surface area contributed by atoms with Crippen molar-refractivity contribution in [1.29, 1.82) is 0 Å². The summed E-state index contributed by atoms with van der Waals surface area (Å²) in [6.45, 7) is 13.0. The molecule has 0 spiro atoms. The van der Waals surface area contributed by atoms with Gasteiger partial charge in [-0.25, -0.2) is 0 Å². The zero-order chi connectivity index (χ0) is 46.3. The molecule has 7 aromatic carbocycles. The first-order valence-electron chi connectivity index (χ1n) is 23.3. The van der Waals surface area contributed by atoms with Crippen LogP contribution in [0.15, 0.2) is 168 Å². The van der Waals surface area contributed by atoms with Gasteiger partial charge in [-0.2, -0.15) is 0 Å². The fourth-order valence-electron chi connectivity index (χ4n) is 8.95. The second-order valence-electron chi connectivity index (χ2n) is 18.9. The van der Waals surface area contributed by atoms with Crippen molar-refractivity contribution >= 4 is 50.6 Å². The van der Waals surface area contributed by atoms with E-state index in [-0.39, 0.29) is 20.1 Å². The largest absolute Gasteiger partial charge is 0 e. The summed E-state index contributed by atoms with van der Waals surface area (Å²) in [4.78, 5) is 9.88. The second kappa shape index (κ2) is 19.6. The van der Waals surface area contributed by atoms with E-state index in [1.165, 1.54) is 37.9 Å². The van der Waals surface area contributed by atoms with Crippen LogP contribution in [-0.4, -0.2) is 27.8 Å². The van der Waals surface area contributed by atoms with Crippen LogP contribution >= 0.6 is 0 Å². The van der Waals surface area contributed by atoms with Gasteiger partial charge in [0.05, 0.1) is 22.4 Å². The molecule has 1 radical (unpaired) electrons. The third kappa shape index (κ3) is 9.27. The van der Waals surface area contributed by atoms with Crippen molar-refractivity contribution in [1.82, 2.24) is 14.5 Å². The zero-order valence-electron chi connectivity index (χ0n) is 40.3. The summed E-state index contributed by atoms with van der Waals surface area (Å²) in [5.41, 5.74) is 16.1. The SMILES string of the molecule is CC(C)c1cccc(C(C)C)c1-n1c(-c2[c-]ccc3c2oc2ccc(-c4cccc(-c5ccccc5)c4)cc23)nc2ccccc21.[2H]C(C)(C)c1cc(-c2[c-]cccc2)nc[c]1[Ge]([CH3])([CH3])[CH3].[Ir]. The molecule has 0 fully saturated rings. The number of para-hydroxylation sites is 3. The van der Waals surface area contributed by atoms with Crippen molar-refractivity contribution in [3.8, 4) is 50.6 Å². The fourth-order valence-corrected chi connectivity index (χ4v) is 12.3. The molecule has 10 rings (SSSR count). The number of nitrogens with zero attached hydrogens (tertiary/aromatic N) is 3. The van der Waals surface area contributed by atoms with Crippen molar-refractivity contribution in [2.24, 2.45) is 0 Å². The van der Waals surface area contributed by atoms with Gasteiger partial charge in [0.25, 0.3) is 0 Å². The average Bonchev–Trinajstić information content (AvgIpc) is 3.90. The maximum absolute atomic E-state index is 8.44. The Morgan fingerprint density at radius 1 is 0.606 bits per heavy atom. The van der Waals surface area contributed by atoms with Crippen LogP contribution in [0.3, 0.4) is 0 Å². The monoisotopic (exact) mass is 1100 g/mol. The fraction of sp³-hybridized carbons (Fsp3) is 0.200. The first kappa shape index (κ1) is 45.3. The molecule has 0 aliphatic heterocycles. The Labute approximate surface area is 408 Å². The van der Waals surface area contributed by atoms with Crippen molar-refractivity contribution in [2.75, 3.05) is 0 Å². The van der Waals surface area contributed by atoms with Gasteiger partial charge in [0.2, 0.25) is 0 Å². The molecule has 0 atom stereocenters. The number of pyridine rings is 1. The molecular weight excluding hydrogens is 1040 g/mol. The molecule has 66 heavy (non-hydrogen) atoms. The van der Waals surface area contributed by atoms with Crippen LogP contribution in [0.2, 0.25) is 17.3 Å².